The molecule has 1 aromatic carbocycles. The van der Waals surface area contributed by atoms with Crippen molar-refractivity contribution in [2.24, 2.45) is 0 Å². The number of aryl methyl sites for hydroxylation is 3. The lowest BCUT2D eigenvalue weighted by atomic mass is 10.0. The van der Waals surface area contributed by atoms with Crippen molar-refractivity contribution >= 4 is 33.8 Å². The van der Waals surface area contributed by atoms with Gasteiger partial charge < -0.3 is 0 Å². The molecular formula is C11H12IN. The maximum atomic E-state index is 2.32. The summed E-state index contributed by atoms with van der Waals surface area (Å²) >= 11 is 2.32. The minimum atomic E-state index is 1.32. The highest BCUT2D eigenvalue weighted by Crippen LogP contribution is 2.27. The summed E-state index contributed by atoms with van der Waals surface area (Å²) in [5.41, 5.74) is 5.47. The van der Waals surface area contributed by atoms with Crippen LogP contribution in [0.25, 0.3) is 10.9 Å². The van der Waals surface area contributed by atoms with Crippen LogP contribution < -0.4 is 0 Å². The Morgan fingerprint density at radius 1 is 1.08 bits per heavy atom. The highest BCUT2D eigenvalue weighted by atomic mass is 127. The highest BCUT2D eigenvalue weighted by Gasteiger charge is 2.07. The zero-order chi connectivity index (χ0) is 9.59. The van der Waals surface area contributed by atoms with E-state index < -0.39 is 0 Å². The number of benzene rings is 1. The Balaban J connectivity index is 2.98. The molecule has 0 bridgehead atoms. The maximum Gasteiger partial charge on any atom is 0.0640 e. The second-order valence-corrected chi connectivity index (χ2v) is 4.56. The van der Waals surface area contributed by atoms with Gasteiger partial charge >= 0.3 is 0 Å². The van der Waals surface area contributed by atoms with Gasteiger partial charge in [0, 0.05) is 11.6 Å². The Hall–Kier alpha value is -0.510. The molecule has 0 aliphatic carbocycles. The first-order chi connectivity index (χ1) is 6.11. The first-order valence-electron chi connectivity index (χ1n) is 4.35. The molecule has 0 amide bonds. The van der Waals surface area contributed by atoms with E-state index in [2.05, 4.69) is 64.7 Å². The predicted octanol–water partition coefficient (Wildman–Crippen LogP) is 3.76. The number of rotatable bonds is 0. The maximum absolute atomic E-state index is 2.32. The van der Waals surface area contributed by atoms with Crippen molar-refractivity contribution in [2.45, 2.75) is 20.8 Å². The van der Waals surface area contributed by atoms with Gasteiger partial charge in [-0.05, 0) is 43.5 Å². The molecule has 1 aromatic heterocycles. The summed E-state index contributed by atoms with van der Waals surface area (Å²) in [5.74, 6) is 0. The van der Waals surface area contributed by atoms with Crippen molar-refractivity contribution in [2.75, 3.05) is 0 Å². The van der Waals surface area contributed by atoms with Crippen LogP contribution in [0.15, 0.2) is 18.3 Å². The van der Waals surface area contributed by atoms with Gasteiger partial charge in [0.25, 0.3) is 0 Å². The average molecular weight is 285 g/mol. The van der Waals surface area contributed by atoms with E-state index in [4.69, 9.17) is 0 Å². The van der Waals surface area contributed by atoms with Crippen molar-refractivity contribution in [3.63, 3.8) is 0 Å². The smallest absolute Gasteiger partial charge is 0.0640 e. The second kappa shape index (κ2) is 3.01. The molecule has 1 nitrogen and oxygen atoms in total. The quantitative estimate of drug-likeness (QED) is 0.649. The number of aromatic nitrogens is 1. The van der Waals surface area contributed by atoms with Crippen LogP contribution >= 0.6 is 22.9 Å². The minimum absolute atomic E-state index is 1.32. The van der Waals surface area contributed by atoms with E-state index in [-0.39, 0.29) is 0 Å². The van der Waals surface area contributed by atoms with Crippen LogP contribution in [-0.4, -0.2) is 2.78 Å². The third kappa shape index (κ3) is 1.27. The van der Waals surface area contributed by atoms with Crippen LogP contribution in [0.4, 0.5) is 0 Å². The van der Waals surface area contributed by atoms with Crippen molar-refractivity contribution < 1.29 is 0 Å². The van der Waals surface area contributed by atoms with Gasteiger partial charge in [0.2, 0.25) is 0 Å². The molecule has 2 aromatic rings. The fraction of sp³-hybridized carbons (Fsp3) is 0.273. The van der Waals surface area contributed by atoms with Gasteiger partial charge in [-0.25, -0.2) is 0 Å². The second-order valence-electron chi connectivity index (χ2n) is 3.52. The van der Waals surface area contributed by atoms with Crippen LogP contribution in [0.5, 0.6) is 0 Å². The van der Waals surface area contributed by atoms with E-state index in [9.17, 15) is 0 Å². The fourth-order valence-electron chi connectivity index (χ4n) is 1.78. The first-order valence-corrected chi connectivity index (χ1v) is 5.32. The molecule has 1 heterocycles. The van der Waals surface area contributed by atoms with Gasteiger partial charge in [0.05, 0.1) is 28.4 Å². The lowest BCUT2D eigenvalue weighted by molar-refractivity contribution is 1.37. The van der Waals surface area contributed by atoms with E-state index in [0.29, 0.717) is 0 Å². The highest BCUT2D eigenvalue weighted by molar-refractivity contribution is 14.1. The zero-order valence-corrected chi connectivity index (χ0v) is 10.2. The number of hydrogen-bond donors (Lipinski definition) is 0. The topological polar surface area (TPSA) is 4.93 Å². The van der Waals surface area contributed by atoms with E-state index in [0.717, 1.165) is 0 Å². The van der Waals surface area contributed by atoms with E-state index in [1.165, 1.54) is 27.6 Å². The summed E-state index contributed by atoms with van der Waals surface area (Å²) < 4.78 is 2.16. The van der Waals surface area contributed by atoms with Crippen molar-refractivity contribution in [3.8, 4) is 0 Å². The standard InChI is InChI=1S/C11H12IN/c1-7-4-5-10-11(9(7)3)8(2)6-13(10)12/h4-6H,1-3H3. The van der Waals surface area contributed by atoms with Crippen molar-refractivity contribution in [1.82, 2.24) is 2.78 Å². The lowest BCUT2D eigenvalue weighted by Gasteiger charge is -2.02. The predicted molar refractivity (Wildman–Crippen MR) is 65.6 cm³/mol. The summed E-state index contributed by atoms with van der Waals surface area (Å²) in [4.78, 5) is 0. The molecule has 13 heavy (non-hydrogen) atoms. The molecule has 0 aliphatic rings. The SMILES string of the molecule is Cc1ccc2c(c(C)cn2I)c1C. The Bertz CT molecular complexity index is 468. The zero-order valence-electron chi connectivity index (χ0n) is 8.06. The van der Waals surface area contributed by atoms with Crippen LogP contribution in [0.3, 0.4) is 0 Å². The summed E-state index contributed by atoms with van der Waals surface area (Å²) in [6.07, 6.45) is 2.18. The van der Waals surface area contributed by atoms with Gasteiger partial charge in [-0.2, -0.15) is 0 Å². The van der Waals surface area contributed by atoms with Gasteiger partial charge in [-0.15, -0.1) is 0 Å². The Morgan fingerprint density at radius 2 is 1.77 bits per heavy atom. The monoisotopic (exact) mass is 285 g/mol. The molecule has 0 atom stereocenters. The lowest BCUT2D eigenvalue weighted by Crippen LogP contribution is -1.83. The normalized spacial score (nSPS) is 11.1. The molecule has 0 N–H and O–H groups in total. The van der Waals surface area contributed by atoms with Gasteiger partial charge in [-0.1, -0.05) is 6.07 Å². The largest absolute Gasteiger partial charge is 0.289 e. The molecule has 0 aliphatic heterocycles. The first kappa shape index (κ1) is 9.06. The Kier molecular flexibility index (Phi) is 2.10. The summed E-state index contributed by atoms with van der Waals surface area (Å²) in [5, 5.41) is 1.41. The van der Waals surface area contributed by atoms with Crippen molar-refractivity contribution in [1.29, 1.82) is 0 Å². The van der Waals surface area contributed by atoms with Gasteiger partial charge in [0.15, 0.2) is 0 Å². The van der Waals surface area contributed by atoms with Crippen LogP contribution in [0.2, 0.25) is 0 Å². The third-order valence-corrected chi connectivity index (χ3v) is 3.44. The molecule has 68 valence electrons. The number of hydrogen-bond acceptors (Lipinski definition) is 0. The Morgan fingerprint density at radius 3 is 2.46 bits per heavy atom. The average Bonchev–Trinajstić information content (AvgIpc) is 2.35. The molecule has 2 rings (SSSR count). The molecule has 0 radical (unpaired) electrons. The summed E-state index contributed by atoms with van der Waals surface area (Å²) in [6.45, 7) is 6.53. The molecule has 0 saturated heterocycles. The molecule has 0 spiro atoms. The Labute approximate surface area is 92.2 Å². The van der Waals surface area contributed by atoms with E-state index in [1.807, 2.05) is 0 Å². The summed E-state index contributed by atoms with van der Waals surface area (Å²) in [7, 11) is 0. The van der Waals surface area contributed by atoms with Crippen LogP contribution in [0, 0.1) is 20.8 Å². The molecule has 0 unspecified atom stereocenters. The van der Waals surface area contributed by atoms with Crippen LogP contribution in [0.1, 0.15) is 16.7 Å². The number of nitrogens with zero attached hydrogens (tertiary/aromatic N) is 1. The van der Waals surface area contributed by atoms with Crippen molar-refractivity contribution in [3.05, 3.63) is 35.0 Å². The van der Waals surface area contributed by atoms with E-state index in [1.54, 1.807) is 0 Å². The van der Waals surface area contributed by atoms with Crippen LogP contribution in [-0.2, 0) is 0 Å². The van der Waals surface area contributed by atoms with E-state index >= 15 is 0 Å². The molecular weight excluding hydrogens is 273 g/mol. The molecule has 0 saturated carbocycles. The molecule has 2 heteroatoms. The number of fused-ring (bicyclic) bond motifs is 1. The summed E-state index contributed by atoms with van der Waals surface area (Å²) in [6, 6.07) is 4.38. The number of halogens is 1. The minimum Gasteiger partial charge on any atom is -0.289 e. The van der Waals surface area contributed by atoms with Gasteiger partial charge in [-0.3, -0.25) is 2.78 Å². The molecule has 0 fully saturated rings. The third-order valence-electron chi connectivity index (χ3n) is 2.65. The fourth-order valence-corrected chi connectivity index (χ4v) is 2.60. The van der Waals surface area contributed by atoms with Gasteiger partial charge in [0.1, 0.15) is 0 Å².